The molecule has 0 radical (unpaired) electrons. The number of para-hydroxylation sites is 2. The van der Waals surface area contributed by atoms with Gasteiger partial charge in [0.15, 0.2) is 17.5 Å². The highest BCUT2D eigenvalue weighted by molar-refractivity contribution is 6.03. The summed E-state index contributed by atoms with van der Waals surface area (Å²) in [7, 11) is 0. The SMILES string of the molecule is CC(=O)O[C@@H](c1nc2ccccc2c(=O)n1[C@@H]1C[C@@]2(OC1=O)c1ccccc1N1C(=O)[C@H](C)N[C@H]12)C(C)C. The minimum Gasteiger partial charge on any atom is -0.454 e. The summed E-state index contributed by atoms with van der Waals surface area (Å²) >= 11 is 0. The van der Waals surface area contributed by atoms with Gasteiger partial charge in [-0.1, -0.05) is 44.2 Å². The molecule has 10 nitrogen and oxygen atoms in total. The number of hydrogen-bond donors (Lipinski definition) is 1. The van der Waals surface area contributed by atoms with E-state index in [1.54, 1.807) is 36.1 Å². The van der Waals surface area contributed by atoms with E-state index in [9.17, 15) is 19.2 Å². The number of carbonyl (C=O) groups excluding carboxylic acids is 3. The predicted molar refractivity (Wildman–Crippen MR) is 137 cm³/mol. The highest BCUT2D eigenvalue weighted by Crippen LogP contribution is 2.55. The Hall–Kier alpha value is -4.05. The summed E-state index contributed by atoms with van der Waals surface area (Å²) in [4.78, 5) is 59.1. The first-order chi connectivity index (χ1) is 18.1. The summed E-state index contributed by atoms with van der Waals surface area (Å²) in [6.45, 7) is 6.78. The largest absolute Gasteiger partial charge is 0.454 e. The van der Waals surface area contributed by atoms with E-state index in [-0.39, 0.29) is 24.1 Å². The molecule has 0 saturated carbocycles. The number of hydrogen-bond acceptors (Lipinski definition) is 8. The number of rotatable bonds is 4. The number of nitrogens with zero attached hydrogens (tertiary/aromatic N) is 3. The Morgan fingerprint density at radius 1 is 1.13 bits per heavy atom. The Kier molecular flexibility index (Phi) is 5.43. The van der Waals surface area contributed by atoms with Gasteiger partial charge in [0.2, 0.25) is 5.91 Å². The number of benzene rings is 2. The topological polar surface area (TPSA) is 120 Å². The number of aromatic nitrogens is 2. The van der Waals surface area contributed by atoms with Crippen LogP contribution in [0.1, 0.15) is 57.6 Å². The molecule has 6 rings (SSSR count). The van der Waals surface area contributed by atoms with Crippen LogP contribution in [0.2, 0.25) is 0 Å². The lowest BCUT2D eigenvalue weighted by Crippen LogP contribution is -2.49. The fourth-order valence-corrected chi connectivity index (χ4v) is 6.03. The molecule has 2 aromatic carbocycles. The molecule has 5 atom stereocenters. The number of fused-ring (bicyclic) bond motifs is 6. The first-order valence-electron chi connectivity index (χ1n) is 12.7. The van der Waals surface area contributed by atoms with Crippen LogP contribution in [0, 0.1) is 5.92 Å². The van der Waals surface area contributed by atoms with Crippen LogP contribution >= 0.6 is 0 Å². The Balaban J connectivity index is 1.55. The van der Waals surface area contributed by atoms with Gasteiger partial charge >= 0.3 is 11.9 Å². The third kappa shape index (κ3) is 3.32. The molecule has 0 bridgehead atoms. The van der Waals surface area contributed by atoms with Crippen LogP contribution in [0.3, 0.4) is 0 Å². The highest BCUT2D eigenvalue weighted by atomic mass is 16.6. The smallest absolute Gasteiger partial charge is 0.330 e. The van der Waals surface area contributed by atoms with Crippen molar-refractivity contribution < 1.29 is 23.9 Å². The maximum Gasteiger partial charge on any atom is 0.330 e. The summed E-state index contributed by atoms with van der Waals surface area (Å²) in [5, 5.41) is 3.63. The number of amides is 1. The molecule has 2 fully saturated rings. The van der Waals surface area contributed by atoms with E-state index in [1.165, 1.54) is 11.5 Å². The van der Waals surface area contributed by atoms with Crippen molar-refractivity contribution in [3.8, 4) is 0 Å². The van der Waals surface area contributed by atoms with Gasteiger partial charge in [0.05, 0.1) is 22.6 Å². The lowest BCUT2D eigenvalue weighted by molar-refractivity contribution is -0.152. The van der Waals surface area contributed by atoms with Gasteiger partial charge in [-0.3, -0.25) is 29.2 Å². The average molecular weight is 517 g/mol. The molecule has 2 saturated heterocycles. The maximum absolute atomic E-state index is 14.0. The summed E-state index contributed by atoms with van der Waals surface area (Å²) in [6, 6.07) is 12.7. The second kappa shape index (κ2) is 8.49. The van der Waals surface area contributed by atoms with Crippen molar-refractivity contribution >= 4 is 34.4 Å². The lowest BCUT2D eigenvalue weighted by Gasteiger charge is -2.30. The van der Waals surface area contributed by atoms with Crippen molar-refractivity contribution in [2.24, 2.45) is 5.92 Å². The summed E-state index contributed by atoms with van der Waals surface area (Å²) in [6.07, 6.45) is -1.39. The third-order valence-electron chi connectivity index (χ3n) is 7.69. The van der Waals surface area contributed by atoms with Gasteiger partial charge in [-0.05, 0) is 31.0 Å². The van der Waals surface area contributed by atoms with Crippen LogP contribution < -0.4 is 15.8 Å². The van der Waals surface area contributed by atoms with Crippen LogP contribution in [-0.2, 0) is 29.5 Å². The molecular formula is C28H28N4O6. The van der Waals surface area contributed by atoms with Crippen LogP contribution in [0.4, 0.5) is 5.69 Å². The van der Waals surface area contributed by atoms with Gasteiger partial charge in [0.25, 0.3) is 5.56 Å². The zero-order chi connectivity index (χ0) is 26.9. The van der Waals surface area contributed by atoms with Crippen molar-refractivity contribution in [3.05, 3.63) is 70.3 Å². The second-order valence-electron chi connectivity index (χ2n) is 10.5. The molecule has 3 aromatic rings. The van der Waals surface area contributed by atoms with E-state index < -0.39 is 47.5 Å². The maximum atomic E-state index is 14.0. The molecule has 1 amide bonds. The molecule has 0 aliphatic carbocycles. The minimum absolute atomic E-state index is 0.0921. The lowest BCUT2D eigenvalue weighted by atomic mass is 9.88. The number of esters is 2. The third-order valence-corrected chi connectivity index (χ3v) is 7.69. The summed E-state index contributed by atoms with van der Waals surface area (Å²) < 4.78 is 13.1. The molecule has 196 valence electrons. The molecule has 4 heterocycles. The number of carbonyl (C=O) groups is 3. The predicted octanol–water partition coefficient (Wildman–Crippen LogP) is 2.70. The fourth-order valence-electron chi connectivity index (χ4n) is 6.03. The van der Waals surface area contributed by atoms with Gasteiger partial charge in [0, 0.05) is 18.9 Å². The van der Waals surface area contributed by atoms with E-state index >= 15 is 0 Å². The van der Waals surface area contributed by atoms with Crippen LogP contribution in [0.5, 0.6) is 0 Å². The van der Waals surface area contributed by atoms with Crippen molar-refractivity contribution in [1.29, 1.82) is 0 Å². The van der Waals surface area contributed by atoms with Gasteiger partial charge in [-0.25, -0.2) is 9.78 Å². The Labute approximate surface area is 218 Å². The Morgan fingerprint density at radius 3 is 2.58 bits per heavy atom. The minimum atomic E-state index is -1.20. The second-order valence-corrected chi connectivity index (χ2v) is 10.5. The first kappa shape index (κ1) is 24.3. The molecular weight excluding hydrogens is 488 g/mol. The molecule has 1 N–H and O–H groups in total. The van der Waals surface area contributed by atoms with E-state index in [0.29, 0.717) is 22.2 Å². The standard InChI is InChI=1S/C28H28N4O6/c1-14(2)22(37-16(4)33)23-30-19-11-7-5-9-17(19)25(35)31(23)21-13-28(38-26(21)36)18-10-6-8-12-20(18)32-24(34)15(3)29-27(28)32/h5-12,14-15,21-22,27,29H,13H2,1-4H3/t15-,21+,22+,27+,28+/m0/s1. The fraction of sp³-hybridized carbons (Fsp3) is 0.393. The first-order valence-corrected chi connectivity index (χ1v) is 12.7. The van der Waals surface area contributed by atoms with Crippen LogP contribution in [0.25, 0.3) is 10.9 Å². The van der Waals surface area contributed by atoms with Crippen molar-refractivity contribution in [2.45, 2.75) is 64.1 Å². The van der Waals surface area contributed by atoms with E-state index in [1.807, 2.05) is 38.1 Å². The van der Waals surface area contributed by atoms with Crippen LogP contribution in [-0.4, -0.2) is 39.6 Å². The number of anilines is 1. The van der Waals surface area contributed by atoms with Gasteiger partial charge in [-0.2, -0.15) is 0 Å². The van der Waals surface area contributed by atoms with E-state index in [4.69, 9.17) is 14.5 Å². The summed E-state index contributed by atoms with van der Waals surface area (Å²) in [5.41, 5.74) is 0.205. The Morgan fingerprint density at radius 2 is 1.84 bits per heavy atom. The molecule has 10 heteroatoms. The van der Waals surface area contributed by atoms with Crippen LogP contribution in [0.15, 0.2) is 53.3 Å². The molecule has 3 aliphatic rings. The molecule has 1 spiro atoms. The zero-order valence-electron chi connectivity index (χ0n) is 21.5. The quantitative estimate of drug-likeness (QED) is 0.526. The number of nitrogens with one attached hydrogen (secondary N) is 1. The van der Waals surface area contributed by atoms with E-state index in [2.05, 4.69) is 5.32 Å². The molecule has 3 aliphatic heterocycles. The van der Waals surface area contributed by atoms with Gasteiger partial charge in [-0.15, -0.1) is 0 Å². The van der Waals surface area contributed by atoms with Gasteiger partial charge < -0.3 is 9.47 Å². The number of ether oxygens (including phenoxy) is 2. The van der Waals surface area contributed by atoms with Crippen molar-refractivity contribution in [2.75, 3.05) is 4.90 Å². The van der Waals surface area contributed by atoms with Crippen molar-refractivity contribution in [1.82, 2.24) is 14.9 Å². The Bertz CT molecular complexity index is 1560. The van der Waals surface area contributed by atoms with Crippen molar-refractivity contribution in [3.63, 3.8) is 0 Å². The van der Waals surface area contributed by atoms with E-state index in [0.717, 1.165) is 0 Å². The molecule has 38 heavy (non-hydrogen) atoms. The van der Waals surface area contributed by atoms with Gasteiger partial charge in [0.1, 0.15) is 12.2 Å². The molecule has 1 aromatic heterocycles. The highest BCUT2D eigenvalue weighted by Gasteiger charge is 2.64. The molecule has 0 unspecified atom stereocenters. The zero-order valence-corrected chi connectivity index (χ0v) is 21.5. The summed E-state index contributed by atoms with van der Waals surface area (Å²) in [5.74, 6) is -1.29. The normalized spacial score (nSPS) is 26.7. The monoisotopic (exact) mass is 516 g/mol. The average Bonchev–Trinajstić information content (AvgIpc) is 3.47.